The molecule has 0 fully saturated rings. The van der Waals surface area contributed by atoms with E-state index in [0.29, 0.717) is 5.56 Å². The molecule has 1 N–H and O–H groups in total. The van der Waals surface area contributed by atoms with Crippen molar-refractivity contribution in [3.05, 3.63) is 58.3 Å². The Bertz CT molecular complexity index is 561. The average molecular weight is 302 g/mol. The number of nitrogens with one attached hydrogen (secondary N) is 1. The fourth-order valence-electron chi connectivity index (χ4n) is 1.65. The van der Waals surface area contributed by atoms with Gasteiger partial charge in [-0.05, 0) is 42.3 Å². The lowest BCUT2D eigenvalue weighted by Crippen LogP contribution is -2.06. The quantitative estimate of drug-likeness (QED) is 0.942. The van der Waals surface area contributed by atoms with Gasteiger partial charge in [-0.25, -0.2) is 0 Å². The predicted molar refractivity (Wildman–Crippen MR) is 75.3 cm³/mol. The number of nitrogens with zero attached hydrogens (tertiary/aromatic N) is 2. The summed E-state index contributed by atoms with van der Waals surface area (Å²) in [5.41, 5.74) is 2.75. The Balaban J connectivity index is 1.97. The van der Waals surface area contributed by atoms with Crippen LogP contribution >= 0.6 is 15.9 Å². The number of rotatable bonds is 4. The Morgan fingerprint density at radius 3 is 2.72 bits per heavy atom. The van der Waals surface area contributed by atoms with Crippen molar-refractivity contribution in [3.63, 3.8) is 0 Å². The van der Waals surface area contributed by atoms with E-state index in [2.05, 4.69) is 32.3 Å². The van der Waals surface area contributed by atoms with E-state index in [1.54, 1.807) is 12.4 Å². The molecule has 0 aliphatic carbocycles. The first kappa shape index (κ1) is 12.6. The van der Waals surface area contributed by atoms with Crippen molar-refractivity contribution in [2.24, 2.45) is 0 Å². The highest BCUT2D eigenvalue weighted by molar-refractivity contribution is 9.10. The maximum Gasteiger partial charge on any atom is 0.101 e. The monoisotopic (exact) mass is 301 g/mol. The molecule has 0 radical (unpaired) electrons. The van der Waals surface area contributed by atoms with Crippen molar-refractivity contribution in [1.29, 1.82) is 5.26 Å². The average Bonchev–Trinajstić information content (AvgIpc) is 2.41. The molecule has 2 rings (SSSR count). The summed E-state index contributed by atoms with van der Waals surface area (Å²) in [6.07, 6.45) is 4.48. The molecule has 18 heavy (non-hydrogen) atoms. The molecule has 0 unspecified atom stereocenters. The molecule has 1 heterocycles. The summed E-state index contributed by atoms with van der Waals surface area (Å²) in [5.74, 6) is 0. The Morgan fingerprint density at radius 1 is 1.22 bits per heavy atom. The highest BCUT2D eigenvalue weighted by atomic mass is 79.9. The normalized spacial score (nSPS) is 9.78. The summed E-state index contributed by atoms with van der Waals surface area (Å²) in [6.45, 7) is 0.792. The van der Waals surface area contributed by atoms with Crippen molar-refractivity contribution in [2.45, 2.75) is 6.42 Å². The van der Waals surface area contributed by atoms with Gasteiger partial charge in [-0.1, -0.05) is 15.9 Å². The van der Waals surface area contributed by atoms with Gasteiger partial charge in [-0.2, -0.15) is 5.26 Å². The number of hydrogen-bond donors (Lipinski definition) is 1. The molecule has 0 bridgehead atoms. The van der Waals surface area contributed by atoms with E-state index in [-0.39, 0.29) is 0 Å². The van der Waals surface area contributed by atoms with Crippen LogP contribution in [0.4, 0.5) is 5.69 Å². The molecule has 0 saturated carbocycles. The maximum absolute atomic E-state index is 9.04. The summed E-state index contributed by atoms with van der Waals surface area (Å²) in [7, 11) is 0. The fraction of sp³-hybridized carbons (Fsp3) is 0.143. The first-order valence-electron chi connectivity index (χ1n) is 5.62. The first-order chi connectivity index (χ1) is 8.79. The van der Waals surface area contributed by atoms with Gasteiger partial charge in [0, 0.05) is 23.4 Å². The number of hydrogen-bond acceptors (Lipinski definition) is 3. The Labute approximate surface area is 115 Å². The van der Waals surface area contributed by atoms with Crippen molar-refractivity contribution in [2.75, 3.05) is 11.9 Å². The van der Waals surface area contributed by atoms with Crippen LogP contribution in [0.5, 0.6) is 0 Å². The Hall–Kier alpha value is -1.86. The summed E-state index contributed by atoms with van der Waals surface area (Å²) >= 11 is 3.36. The molecule has 0 saturated heterocycles. The van der Waals surface area contributed by atoms with Gasteiger partial charge in [0.2, 0.25) is 0 Å². The van der Waals surface area contributed by atoms with E-state index in [9.17, 15) is 0 Å². The number of aromatic nitrogens is 1. The highest BCUT2D eigenvalue weighted by Gasteiger charge is 2.01. The zero-order valence-corrected chi connectivity index (χ0v) is 11.3. The second-order valence-corrected chi connectivity index (χ2v) is 4.75. The van der Waals surface area contributed by atoms with E-state index in [1.807, 2.05) is 30.3 Å². The molecular formula is C14H12BrN3. The standard InChI is InChI=1S/C14H12BrN3/c15-13-1-2-14(12(9-13)10-16)18-8-5-11-3-6-17-7-4-11/h1-4,6-7,9,18H,5,8H2. The third-order valence-electron chi connectivity index (χ3n) is 2.58. The number of halogens is 1. The SMILES string of the molecule is N#Cc1cc(Br)ccc1NCCc1ccncc1. The third kappa shape index (κ3) is 3.31. The zero-order chi connectivity index (χ0) is 12.8. The molecule has 3 nitrogen and oxygen atoms in total. The van der Waals surface area contributed by atoms with Gasteiger partial charge in [0.05, 0.1) is 11.3 Å². The van der Waals surface area contributed by atoms with Gasteiger partial charge in [0.25, 0.3) is 0 Å². The number of anilines is 1. The summed E-state index contributed by atoms with van der Waals surface area (Å²) in [4.78, 5) is 3.98. The first-order valence-corrected chi connectivity index (χ1v) is 6.41. The minimum absolute atomic E-state index is 0.652. The highest BCUT2D eigenvalue weighted by Crippen LogP contribution is 2.20. The minimum atomic E-state index is 0.652. The van der Waals surface area contributed by atoms with E-state index in [1.165, 1.54) is 5.56 Å². The van der Waals surface area contributed by atoms with Crippen molar-refractivity contribution in [3.8, 4) is 6.07 Å². The zero-order valence-electron chi connectivity index (χ0n) is 9.73. The van der Waals surface area contributed by atoms with Crippen molar-refractivity contribution < 1.29 is 0 Å². The molecular weight excluding hydrogens is 290 g/mol. The van der Waals surface area contributed by atoms with Crippen LogP contribution in [0.1, 0.15) is 11.1 Å². The van der Waals surface area contributed by atoms with E-state index >= 15 is 0 Å². The summed E-state index contributed by atoms with van der Waals surface area (Å²) in [5, 5.41) is 12.3. The molecule has 0 aliphatic rings. The second kappa shape index (κ2) is 6.18. The lowest BCUT2D eigenvalue weighted by atomic mass is 10.1. The number of nitriles is 1. The Kier molecular flexibility index (Phi) is 4.32. The molecule has 0 aliphatic heterocycles. The van der Waals surface area contributed by atoms with Crippen LogP contribution in [0.3, 0.4) is 0 Å². The largest absolute Gasteiger partial charge is 0.384 e. The molecule has 90 valence electrons. The van der Waals surface area contributed by atoms with Gasteiger partial charge < -0.3 is 5.32 Å². The number of benzene rings is 1. The molecule has 0 spiro atoms. The molecule has 2 aromatic rings. The lowest BCUT2D eigenvalue weighted by molar-refractivity contribution is 1.01. The van der Waals surface area contributed by atoms with Crippen LogP contribution in [0.25, 0.3) is 0 Å². The Morgan fingerprint density at radius 2 is 2.00 bits per heavy atom. The van der Waals surface area contributed by atoms with Crippen LogP contribution in [0.2, 0.25) is 0 Å². The second-order valence-electron chi connectivity index (χ2n) is 3.83. The van der Waals surface area contributed by atoms with Gasteiger partial charge in [-0.15, -0.1) is 0 Å². The number of pyridine rings is 1. The summed E-state index contributed by atoms with van der Waals surface area (Å²) < 4.78 is 0.915. The smallest absolute Gasteiger partial charge is 0.101 e. The topological polar surface area (TPSA) is 48.7 Å². The molecule has 4 heteroatoms. The van der Waals surface area contributed by atoms with Gasteiger partial charge in [-0.3, -0.25) is 4.98 Å². The lowest BCUT2D eigenvalue weighted by Gasteiger charge is -2.08. The van der Waals surface area contributed by atoms with E-state index < -0.39 is 0 Å². The molecule has 1 aromatic carbocycles. The van der Waals surface area contributed by atoms with Gasteiger partial charge in [0.15, 0.2) is 0 Å². The van der Waals surface area contributed by atoms with Crippen molar-refractivity contribution >= 4 is 21.6 Å². The van der Waals surface area contributed by atoms with Crippen LogP contribution in [-0.4, -0.2) is 11.5 Å². The maximum atomic E-state index is 9.04. The van der Waals surface area contributed by atoms with Crippen LogP contribution in [0, 0.1) is 11.3 Å². The molecule has 0 amide bonds. The predicted octanol–water partition coefficient (Wildman–Crippen LogP) is 3.37. The van der Waals surface area contributed by atoms with E-state index in [0.717, 1.165) is 23.1 Å². The van der Waals surface area contributed by atoms with Crippen LogP contribution in [0.15, 0.2) is 47.2 Å². The van der Waals surface area contributed by atoms with E-state index in [4.69, 9.17) is 5.26 Å². The van der Waals surface area contributed by atoms with Crippen molar-refractivity contribution in [1.82, 2.24) is 4.98 Å². The fourth-order valence-corrected chi connectivity index (χ4v) is 2.02. The molecule has 0 atom stereocenters. The molecule has 1 aromatic heterocycles. The van der Waals surface area contributed by atoms with Gasteiger partial charge >= 0.3 is 0 Å². The van der Waals surface area contributed by atoms with Crippen LogP contribution < -0.4 is 5.32 Å². The third-order valence-corrected chi connectivity index (χ3v) is 3.07. The summed E-state index contributed by atoms with van der Waals surface area (Å²) in [6, 6.07) is 11.8. The van der Waals surface area contributed by atoms with Gasteiger partial charge in [0.1, 0.15) is 6.07 Å². The van der Waals surface area contributed by atoms with Crippen LogP contribution in [-0.2, 0) is 6.42 Å². The minimum Gasteiger partial charge on any atom is -0.384 e.